The van der Waals surface area contributed by atoms with Crippen LogP contribution in [0.3, 0.4) is 0 Å². The Morgan fingerprint density at radius 2 is 1.77 bits per heavy atom. The summed E-state index contributed by atoms with van der Waals surface area (Å²) < 4.78 is 48.1. The number of carbonyl (C=O) groups is 1. The normalized spacial score (nSPS) is 15.7. The predicted octanol–water partition coefficient (Wildman–Crippen LogP) is 6.90. The molecule has 4 rings (SSSR count). The lowest BCUT2D eigenvalue weighted by Crippen LogP contribution is -2.27. The lowest BCUT2D eigenvalue weighted by Gasteiger charge is -2.14. The fourth-order valence-corrected chi connectivity index (χ4v) is 4.27. The second-order valence-corrected chi connectivity index (χ2v) is 8.35. The van der Waals surface area contributed by atoms with Gasteiger partial charge in [0.25, 0.3) is 5.91 Å². The highest BCUT2D eigenvalue weighted by molar-refractivity contribution is 8.27. The summed E-state index contributed by atoms with van der Waals surface area (Å²) in [5.41, 5.74) is 0.710. The van der Waals surface area contributed by atoms with Gasteiger partial charge in [-0.15, -0.1) is 13.2 Å². The first kappa shape index (κ1) is 21.5. The average molecular weight is 482 g/mol. The van der Waals surface area contributed by atoms with Gasteiger partial charge in [0.1, 0.15) is 17.3 Å². The maximum absolute atomic E-state index is 12.8. The van der Waals surface area contributed by atoms with Crippen molar-refractivity contribution in [2.24, 2.45) is 0 Å². The Labute approximate surface area is 189 Å². The van der Waals surface area contributed by atoms with Gasteiger partial charge in [-0.2, -0.15) is 0 Å². The lowest BCUT2D eigenvalue weighted by atomic mass is 10.1. The second kappa shape index (κ2) is 8.41. The van der Waals surface area contributed by atoms with E-state index in [-0.39, 0.29) is 28.7 Å². The smallest absolute Gasteiger partial charge is 0.457 e. The number of hydrogen-bond donors (Lipinski definition) is 0. The molecule has 0 bridgehead atoms. The summed E-state index contributed by atoms with van der Waals surface area (Å²) in [6.45, 7) is 0. The highest BCUT2D eigenvalue weighted by Crippen LogP contribution is 2.38. The van der Waals surface area contributed by atoms with Crippen LogP contribution in [-0.2, 0) is 4.79 Å². The molecule has 0 N–H and O–H groups in total. The van der Waals surface area contributed by atoms with E-state index in [1.54, 1.807) is 36.4 Å². The van der Waals surface area contributed by atoms with Crippen molar-refractivity contribution in [3.8, 4) is 17.1 Å². The van der Waals surface area contributed by atoms with Gasteiger partial charge in [0.2, 0.25) is 0 Å². The molecule has 1 aliphatic heterocycles. The quantitative estimate of drug-likeness (QED) is 0.299. The molecule has 1 amide bonds. The van der Waals surface area contributed by atoms with Gasteiger partial charge in [0.15, 0.2) is 4.32 Å². The molecule has 2 aromatic carbocycles. The number of carbonyl (C=O) groups excluding carboxylic acids is 1. The second-order valence-electron chi connectivity index (χ2n) is 6.24. The summed E-state index contributed by atoms with van der Waals surface area (Å²) in [5.74, 6) is -0.270. The lowest BCUT2D eigenvalue weighted by molar-refractivity contribution is -0.274. The number of anilines is 1. The van der Waals surface area contributed by atoms with Gasteiger partial charge >= 0.3 is 6.36 Å². The molecule has 0 spiro atoms. The van der Waals surface area contributed by atoms with Crippen LogP contribution in [0.2, 0.25) is 5.02 Å². The van der Waals surface area contributed by atoms with Crippen molar-refractivity contribution < 1.29 is 27.1 Å². The third-order valence-electron chi connectivity index (χ3n) is 4.16. The maximum atomic E-state index is 12.8. The van der Waals surface area contributed by atoms with Crippen LogP contribution in [0.4, 0.5) is 18.9 Å². The minimum Gasteiger partial charge on any atom is -0.457 e. The van der Waals surface area contributed by atoms with Gasteiger partial charge in [0, 0.05) is 11.1 Å². The van der Waals surface area contributed by atoms with E-state index in [0.717, 1.165) is 11.8 Å². The van der Waals surface area contributed by atoms with Crippen LogP contribution in [0.5, 0.6) is 5.75 Å². The predicted molar refractivity (Wildman–Crippen MR) is 118 cm³/mol. The Morgan fingerprint density at radius 3 is 2.48 bits per heavy atom. The molecular weight excluding hydrogens is 471 g/mol. The molecule has 0 radical (unpaired) electrons. The molecule has 4 nitrogen and oxygen atoms in total. The van der Waals surface area contributed by atoms with Crippen molar-refractivity contribution in [3.05, 3.63) is 76.4 Å². The molecule has 0 saturated carbocycles. The molecule has 2 heterocycles. The van der Waals surface area contributed by atoms with Crippen LogP contribution in [0.1, 0.15) is 5.76 Å². The van der Waals surface area contributed by atoms with E-state index in [4.69, 9.17) is 28.2 Å². The zero-order valence-electron chi connectivity index (χ0n) is 15.4. The summed E-state index contributed by atoms with van der Waals surface area (Å²) in [7, 11) is 0. The SMILES string of the molecule is O=C1/C(=C\c2ccc(-c3ccccc3OC(F)(F)F)o2)SC(=S)N1c1ccc(Cl)cc1. The zero-order chi connectivity index (χ0) is 22.2. The zero-order valence-corrected chi connectivity index (χ0v) is 17.7. The number of hydrogen-bond acceptors (Lipinski definition) is 5. The van der Waals surface area contributed by atoms with Crippen molar-refractivity contribution in [2.45, 2.75) is 6.36 Å². The molecule has 158 valence electrons. The number of ether oxygens (including phenoxy) is 1. The molecule has 31 heavy (non-hydrogen) atoms. The molecule has 0 aliphatic carbocycles. The van der Waals surface area contributed by atoms with Gasteiger partial charge in [-0.1, -0.05) is 47.7 Å². The molecule has 3 aromatic rings. The number of alkyl halides is 3. The van der Waals surface area contributed by atoms with Crippen molar-refractivity contribution >= 4 is 57.6 Å². The summed E-state index contributed by atoms with van der Waals surface area (Å²) in [5, 5.41) is 0.530. The number of para-hydroxylation sites is 1. The van der Waals surface area contributed by atoms with E-state index >= 15 is 0 Å². The Kier molecular flexibility index (Phi) is 5.83. The number of thioether (sulfide) groups is 1. The molecule has 0 unspecified atom stereocenters. The summed E-state index contributed by atoms with van der Waals surface area (Å²) >= 11 is 12.3. The number of thiocarbonyl (C=S) groups is 1. The van der Waals surface area contributed by atoms with E-state index in [2.05, 4.69) is 4.74 Å². The highest BCUT2D eigenvalue weighted by Gasteiger charge is 2.34. The van der Waals surface area contributed by atoms with Crippen LogP contribution in [-0.4, -0.2) is 16.6 Å². The van der Waals surface area contributed by atoms with Gasteiger partial charge in [-0.25, -0.2) is 0 Å². The number of nitrogens with zero attached hydrogens (tertiary/aromatic N) is 1. The Balaban J connectivity index is 1.60. The summed E-state index contributed by atoms with van der Waals surface area (Å²) in [4.78, 5) is 14.5. The summed E-state index contributed by atoms with van der Waals surface area (Å²) in [6, 6.07) is 15.4. The van der Waals surface area contributed by atoms with Crippen LogP contribution in [0.25, 0.3) is 17.4 Å². The number of benzene rings is 2. The van der Waals surface area contributed by atoms with Crippen molar-refractivity contribution in [1.82, 2.24) is 0 Å². The van der Waals surface area contributed by atoms with Gasteiger partial charge in [0.05, 0.1) is 16.2 Å². The van der Waals surface area contributed by atoms with Crippen LogP contribution in [0.15, 0.2) is 70.0 Å². The van der Waals surface area contributed by atoms with E-state index in [1.807, 2.05) is 0 Å². The Hall–Kier alpha value is -2.75. The molecule has 1 saturated heterocycles. The third-order valence-corrected chi connectivity index (χ3v) is 5.71. The number of furan rings is 1. The van der Waals surface area contributed by atoms with Gasteiger partial charge < -0.3 is 9.15 Å². The summed E-state index contributed by atoms with van der Waals surface area (Å²) in [6.07, 6.45) is -3.34. The average Bonchev–Trinajstić information content (AvgIpc) is 3.27. The minimum atomic E-state index is -4.83. The molecule has 1 aromatic heterocycles. The van der Waals surface area contributed by atoms with Crippen LogP contribution >= 0.6 is 35.6 Å². The Morgan fingerprint density at radius 1 is 1.06 bits per heavy atom. The third kappa shape index (κ3) is 4.79. The van der Waals surface area contributed by atoms with Crippen molar-refractivity contribution in [2.75, 3.05) is 4.90 Å². The monoisotopic (exact) mass is 481 g/mol. The molecule has 1 fully saturated rings. The first-order chi connectivity index (χ1) is 14.7. The first-order valence-electron chi connectivity index (χ1n) is 8.70. The van der Waals surface area contributed by atoms with E-state index in [0.29, 0.717) is 19.9 Å². The van der Waals surface area contributed by atoms with E-state index < -0.39 is 6.36 Å². The Bertz CT molecular complexity index is 1190. The maximum Gasteiger partial charge on any atom is 0.573 e. The van der Waals surface area contributed by atoms with Crippen LogP contribution in [0, 0.1) is 0 Å². The largest absolute Gasteiger partial charge is 0.573 e. The molecule has 1 aliphatic rings. The van der Waals surface area contributed by atoms with Gasteiger partial charge in [-0.3, -0.25) is 9.69 Å². The van der Waals surface area contributed by atoms with Crippen molar-refractivity contribution in [1.29, 1.82) is 0 Å². The fourth-order valence-electron chi connectivity index (χ4n) is 2.87. The number of amides is 1. The highest BCUT2D eigenvalue weighted by atomic mass is 35.5. The number of rotatable bonds is 4. The molecule has 10 heteroatoms. The standard InChI is InChI=1S/C21H11ClF3NO3S2/c22-12-5-7-13(8-6-12)26-19(27)18(31-20(26)30)11-14-9-10-16(28-14)15-3-1-2-4-17(15)29-21(23,24)25/h1-11H/b18-11+. The fraction of sp³-hybridized carbons (Fsp3) is 0.0476. The van der Waals surface area contributed by atoms with E-state index in [9.17, 15) is 18.0 Å². The van der Waals surface area contributed by atoms with E-state index in [1.165, 1.54) is 35.2 Å². The topological polar surface area (TPSA) is 42.7 Å². The first-order valence-corrected chi connectivity index (χ1v) is 10.3. The number of halogens is 4. The van der Waals surface area contributed by atoms with Gasteiger partial charge in [-0.05, 0) is 48.5 Å². The minimum absolute atomic E-state index is 0.133. The molecular formula is C21H11ClF3NO3S2. The molecule has 0 atom stereocenters. The van der Waals surface area contributed by atoms with Crippen LogP contribution < -0.4 is 9.64 Å². The van der Waals surface area contributed by atoms with Crippen molar-refractivity contribution in [3.63, 3.8) is 0 Å².